The Morgan fingerprint density at radius 1 is 1.23 bits per heavy atom. The van der Waals surface area contributed by atoms with Crippen molar-refractivity contribution in [1.29, 1.82) is 0 Å². The van der Waals surface area contributed by atoms with E-state index in [1.807, 2.05) is 6.92 Å². The summed E-state index contributed by atoms with van der Waals surface area (Å²) in [5.74, 6) is 1.03. The Hall–Kier alpha value is -0.940. The molecule has 3 saturated carbocycles. The van der Waals surface area contributed by atoms with Gasteiger partial charge in [0.05, 0.1) is 23.9 Å². The molecule has 0 aromatic heterocycles. The van der Waals surface area contributed by atoms with Gasteiger partial charge in [-0.3, -0.25) is 0 Å². The third kappa shape index (κ3) is 5.35. The highest BCUT2D eigenvalue weighted by Gasteiger charge is 2.55. The van der Waals surface area contributed by atoms with Crippen molar-refractivity contribution in [2.75, 3.05) is 0 Å². The summed E-state index contributed by atoms with van der Waals surface area (Å²) in [7, 11) is 0. The lowest BCUT2D eigenvalue weighted by Crippen LogP contribution is -2.47. The number of aliphatic hydroxyl groups excluding tert-OH is 3. The molecule has 176 valence electrons. The Morgan fingerprint density at radius 3 is 2.61 bits per heavy atom. The van der Waals surface area contributed by atoms with E-state index in [0.29, 0.717) is 31.1 Å². The van der Waals surface area contributed by atoms with Crippen molar-refractivity contribution in [3.05, 3.63) is 35.5 Å². The Kier molecular flexibility index (Phi) is 7.57. The number of fused-ring (bicyclic) bond motifs is 1. The summed E-state index contributed by atoms with van der Waals surface area (Å²) in [5, 5.41) is 42.1. The summed E-state index contributed by atoms with van der Waals surface area (Å²) in [6.07, 6.45) is 10.1. The summed E-state index contributed by atoms with van der Waals surface area (Å²) in [5.41, 5.74) is 2.26. The predicted octanol–water partition coefficient (Wildman–Crippen LogP) is 4.68. The molecule has 3 aliphatic rings. The van der Waals surface area contributed by atoms with Crippen LogP contribution in [0, 0.1) is 23.2 Å². The number of hydrogen-bond donors (Lipinski definition) is 4. The molecule has 4 nitrogen and oxygen atoms in total. The van der Waals surface area contributed by atoms with Crippen LogP contribution in [0.1, 0.15) is 85.5 Å². The van der Waals surface area contributed by atoms with E-state index < -0.39 is 23.9 Å². The van der Waals surface area contributed by atoms with Gasteiger partial charge in [-0.05, 0) is 86.2 Å². The van der Waals surface area contributed by atoms with Gasteiger partial charge in [-0.2, -0.15) is 0 Å². The second kappa shape index (κ2) is 9.51. The van der Waals surface area contributed by atoms with Gasteiger partial charge in [0.25, 0.3) is 0 Å². The zero-order valence-corrected chi connectivity index (χ0v) is 20.0. The molecule has 0 bridgehead atoms. The first-order valence-corrected chi connectivity index (χ1v) is 12.3. The highest BCUT2D eigenvalue weighted by Crippen LogP contribution is 2.60. The molecular formula is C27H44O4. The Morgan fingerprint density at radius 2 is 1.94 bits per heavy atom. The average molecular weight is 433 g/mol. The third-order valence-corrected chi connectivity index (χ3v) is 8.37. The van der Waals surface area contributed by atoms with Gasteiger partial charge in [0.2, 0.25) is 0 Å². The zero-order chi connectivity index (χ0) is 23.0. The number of aliphatic hydroxyl groups is 4. The van der Waals surface area contributed by atoms with Crippen LogP contribution in [0.2, 0.25) is 0 Å². The minimum atomic E-state index is -0.870. The van der Waals surface area contributed by atoms with Gasteiger partial charge in [0.1, 0.15) is 0 Å². The smallest absolute Gasteiger partial charge is 0.0811 e. The van der Waals surface area contributed by atoms with Crippen LogP contribution in [0.3, 0.4) is 0 Å². The lowest BCUT2D eigenvalue weighted by Gasteiger charge is -2.47. The standard InChI is InChI=1S/C27H44O4/c1-17(2)13-22(29)16-27(5,31)25-11-10-23-19(7-6-12-26(23,25)4)8-9-20-14-21(28)15-24(30)18(20)3/h8-9,17,21-25,28-31H,3,6-7,10-16H2,1-2,4-5H3/b19-8?,20-9-/t21-,22?,23?,24-,25+,26+,27+/m1/s1. The lowest BCUT2D eigenvalue weighted by molar-refractivity contribution is -0.0867. The summed E-state index contributed by atoms with van der Waals surface area (Å²) >= 11 is 0. The van der Waals surface area contributed by atoms with Gasteiger partial charge in [-0.15, -0.1) is 0 Å². The SMILES string of the molecule is C=C1/C(=C\C=C2CCC[C@@]3(C)C2CC[C@@H]3[C@@](C)(O)CC(O)CC(C)C)C[C@@H](O)C[C@H]1O. The monoisotopic (exact) mass is 432 g/mol. The van der Waals surface area contributed by atoms with Crippen LogP contribution in [0.15, 0.2) is 35.5 Å². The maximum absolute atomic E-state index is 11.5. The normalized spacial score (nSPS) is 39.7. The molecule has 0 amide bonds. The first kappa shape index (κ1) is 24.7. The van der Waals surface area contributed by atoms with Crippen LogP contribution in [0.5, 0.6) is 0 Å². The lowest BCUT2D eigenvalue weighted by atomic mass is 9.59. The largest absolute Gasteiger partial charge is 0.393 e. The Balaban J connectivity index is 1.78. The Bertz CT molecular complexity index is 719. The van der Waals surface area contributed by atoms with E-state index in [0.717, 1.165) is 49.7 Å². The van der Waals surface area contributed by atoms with E-state index in [2.05, 4.69) is 39.5 Å². The fourth-order valence-corrected chi connectivity index (χ4v) is 6.97. The van der Waals surface area contributed by atoms with Crippen LogP contribution in [-0.2, 0) is 0 Å². The van der Waals surface area contributed by atoms with Crippen LogP contribution < -0.4 is 0 Å². The molecule has 2 unspecified atom stereocenters. The molecule has 0 spiro atoms. The van der Waals surface area contributed by atoms with Gasteiger partial charge in [0, 0.05) is 12.8 Å². The van der Waals surface area contributed by atoms with E-state index in [9.17, 15) is 20.4 Å². The Labute approximate surface area is 188 Å². The molecule has 4 heteroatoms. The minimum absolute atomic E-state index is 0.0340. The highest BCUT2D eigenvalue weighted by molar-refractivity contribution is 5.38. The first-order valence-electron chi connectivity index (χ1n) is 12.3. The second-order valence-corrected chi connectivity index (χ2v) is 11.5. The molecule has 3 rings (SSSR count). The van der Waals surface area contributed by atoms with Gasteiger partial charge in [-0.1, -0.05) is 45.1 Å². The molecule has 0 aromatic rings. The third-order valence-electron chi connectivity index (χ3n) is 8.37. The van der Waals surface area contributed by atoms with Crippen LogP contribution in [-0.4, -0.2) is 44.3 Å². The number of hydrogen-bond acceptors (Lipinski definition) is 4. The van der Waals surface area contributed by atoms with E-state index in [-0.39, 0.29) is 11.3 Å². The molecule has 0 heterocycles. The number of allylic oxidation sites excluding steroid dienone is 3. The summed E-state index contributed by atoms with van der Waals surface area (Å²) in [4.78, 5) is 0. The van der Waals surface area contributed by atoms with Gasteiger partial charge in [-0.25, -0.2) is 0 Å². The molecule has 0 radical (unpaired) electrons. The van der Waals surface area contributed by atoms with Crippen LogP contribution in [0.4, 0.5) is 0 Å². The van der Waals surface area contributed by atoms with Crippen LogP contribution in [0.25, 0.3) is 0 Å². The molecule has 0 aliphatic heterocycles. The molecule has 0 aromatic carbocycles. The molecule has 7 atom stereocenters. The summed E-state index contributed by atoms with van der Waals surface area (Å²) < 4.78 is 0. The van der Waals surface area contributed by atoms with Crippen molar-refractivity contribution < 1.29 is 20.4 Å². The van der Waals surface area contributed by atoms with Gasteiger partial charge >= 0.3 is 0 Å². The van der Waals surface area contributed by atoms with E-state index in [1.54, 1.807) is 0 Å². The van der Waals surface area contributed by atoms with Crippen molar-refractivity contribution in [1.82, 2.24) is 0 Å². The molecule has 3 aliphatic carbocycles. The quantitative estimate of drug-likeness (QED) is 0.491. The average Bonchev–Trinajstić information content (AvgIpc) is 3.00. The first-order chi connectivity index (χ1) is 14.4. The topological polar surface area (TPSA) is 80.9 Å². The molecule has 3 fully saturated rings. The molecule has 4 N–H and O–H groups in total. The maximum Gasteiger partial charge on any atom is 0.0811 e. The van der Waals surface area contributed by atoms with Crippen molar-refractivity contribution in [2.24, 2.45) is 23.2 Å². The maximum atomic E-state index is 11.5. The van der Waals surface area contributed by atoms with Crippen molar-refractivity contribution in [3.8, 4) is 0 Å². The zero-order valence-electron chi connectivity index (χ0n) is 20.0. The molecule has 31 heavy (non-hydrogen) atoms. The minimum Gasteiger partial charge on any atom is -0.393 e. The van der Waals surface area contributed by atoms with E-state index in [4.69, 9.17) is 0 Å². The fourth-order valence-electron chi connectivity index (χ4n) is 6.97. The molecular weight excluding hydrogens is 388 g/mol. The fraction of sp³-hybridized carbons (Fsp3) is 0.778. The van der Waals surface area contributed by atoms with E-state index in [1.165, 1.54) is 5.57 Å². The van der Waals surface area contributed by atoms with Crippen molar-refractivity contribution in [3.63, 3.8) is 0 Å². The summed E-state index contributed by atoms with van der Waals surface area (Å²) in [6.45, 7) is 12.5. The van der Waals surface area contributed by atoms with Gasteiger partial charge < -0.3 is 20.4 Å². The van der Waals surface area contributed by atoms with Crippen LogP contribution >= 0.6 is 0 Å². The number of rotatable bonds is 6. The molecule has 0 saturated heterocycles. The highest BCUT2D eigenvalue weighted by atomic mass is 16.3. The van der Waals surface area contributed by atoms with E-state index >= 15 is 0 Å². The van der Waals surface area contributed by atoms with Crippen molar-refractivity contribution in [2.45, 2.75) is 109 Å². The van der Waals surface area contributed by atoms with Gasteiger partial charge in [0.15, 0.2) is 0 Å². The predicted molar refractivity (Wildman–Crippen MR) is 125 cm³/mol. The second-order valence-electron chi connectivity index (χ2n) is 11.5. The summed E-state index contributed by atoms with van der Waals surface area (Å²) in [6, 6.07) is 0. The van der Waals surface area contributed by atoms with Crippen molar-refractivity contribution >= 4 is 0 Å².